The van der Waals surface area contributed by atoms with Gasteiger partial charge in [-0.3, -0.25) is 9.13 Å². The van der Waals surface area contributed by atoms with Crippen molar-refractivity contribution in [2.75, 3.05) is 19.6 Å². The van der Waals surface area contributed by atoms with Gasteiger partial charge in [0.2, 0.25) is 0 Å². The van der Waals surface area contributed by atoms with E-state index in [0.29, 0.717) is 0 Å². The summed E-state index contributed by atoms with van der Waals surface area (Å²) >= 11 is 0. The molecule has 4 nitrogen and oxygen atoms in total. The van der Waals surface area contributed by atoms with Crippen molar-refractivity contribution in [2.45, 2.75) is 19.4 Å². The lowest BCUT2D eigenvalue weighted by atomic mass is 10.3. The molecule has 3 rings (SSSR count). The summed E-state index contributed by atoms with van der Waals surface area (Å²) < 4.78 is 3.63. The maximum absolute atomic E-state index is 12.2. The number of benzene rings is 1. The van der Waals surface area contributed by atoms with Gasteiger partial charge in [-0.05, 0) is 38.1 Å². The molecule has 0 radical (unpaired) electrons. The Labute approximate surface area is 106 Å². The molecule has 1 aromatic carbocycles. The van der Waals surface area contributed by atoms with Gasteiger partial charge in [0.05, 0.1) is 11.0 Å². The van der Waals surface area contributed by atoms with Gasteiger partial charge in [-0.2, -0.15) is 0 Å². The smallest absolute Gasteiger partial charge is 0.302 e. The largest absolute Gasteiger partial charge is 0.328 e. The first-order valence-electron chi connectivity index (χ1n) is 6.64. The summed E-state index contributed by atoms with van der Waals surface area (Å²) in [6.45, 7) is 4.13. The van der Waals surface area contributed by atoms with Crippen molar-refractivity contribution in [2.24, 2.45) is 7.05 Å². The van der Waals surface area contributed by atoms with Gasteiger partial charge >= 0.3 is 5.69 Å². The molecular weight excluding hydrogens is 226 g/mol. The molecule has 0 aliphatic carbocycles. The first-order chi connectivity index (χ1) is 8.77. The number of hydrogen-bond acceptors (Lipinski definition) is 2. The summed E-state index contributed by atoms with van der Waals surface area (Å²) in [6, 6.07) is 8.00. The van der Waals surface area contributed by atoms with E-state index in [4.69, 9.17) is 0 Å². The minimum atomic E-state index is 0.0930. The standard InChI is InChI=1S/C14H19N3O/c1-15-12-6-2-3-7-13(12)17(14(15)18)11-10-16-8-4-5-9-16/h2-3,6-7H,4-5,8-11H2,1H3. The Morgan fingerprint density at radius 2 is 1.72 bits per heavy atom. The number of nitrogens with zero attached hydrogens (tertiary/aromatic N) is 3. The van der Waals surface area contributed by atoms with Crippen LogP contribution >= 0.6 is 0 Å². The Morgan fingerprint density at radius 3 is 2.44 bits per heavy atom. The summed E-state index contributed by atoms with van der Waals surface area (Å²) in [7, 11) is 1.84. The minimum absolute atomic E-state index is 0.0930. The second kappa shape index (κ2) is 4.61. The number of fused-ring (bicyclic) bond motifs is 1. The van der Waals surface area contributed by atoms with Gasteiger partial charge in [0.25, 0.3) is 0 Å². The van der Waals surface area contributed by atoms with Crippen LogP contribution in [-0.2, 0) is 13.6 Å². The molecule has 0 unspecified atom stereocenters. The Morgan fingerprint density at radius 1 is 1.06 bits per heavy atom. The van der Waals surface area contributed by atoms with Gasteiger partial charge in [-0.15, -0.1) is 0 Å². The summed E-state index contributed by atoms with van der Waals surface area (Å²) in [6.07, 6.45) is 2.59. The van der Waals surface area contributed by atoms with Crippen LogP contribution in [0.4, 0.5) is 0 Å². The average Bonchev–Trinajstić information content (AvgIpc) is 2.98. The molecule has 96 valence electrons. The minimum Gasteiger partial charge on any atom is -0.302 e. The maximum Gasteiger partial charge on any atom is 0.328 e. The van der Waals surface area contributed by atoms with Gasteiger partial charge in [0.15, 0.2) is 0 Å². The van der Waals surface area contributed by atoms with Crippen molar-refractivity contribution in [1.29, 1.82) is 0 Å². The summed E-state index contributed by atoms with van der Waals surface area (Å²) in [5.74, 6) is 0. The van der Waals surface area contributed by atoms with Gasteiger partial charge < -0.3 is 4.90 Å². The molecule has 1 fully saturated rings. The van der Waals surface area contributed by atoms with Crippen LogP contribution in [0.1, 0.15) is 12.8 Å². The van der Waals surface area contributed by atoms with Gasteiger partial charge in [0, 0.05) is 20.1 Å². The van der Waals surface area contributed by atoms with Crippen molar-refractivity contribution in [3.63, 3.8) is 0 Å². The summed E-state index contributed by atoms with van der Waals surface area (Å²) in [5, 5.41) is 0. The van der Waals surface area contributed by atoms with Crippen LogP contribution in [0.5, 0.6) is 0 Å². The van der Waals surface area contributed by atoms with Crippen LogP contribution < -0.4 is 5.69 Å². The molecule has 1 aromatic heterocycles. The van der Waals surface area contributed by atoms with Crippen molar-refractivity contribution in [3.8, 4) is 0 Å². The Bertz CT molecular complexity index is 605. The number of hydrogen-bond donors (Lipinski definition) is 0. The van der Waals surface area contributed by atoms with E-state index in [2.05, 4.69) is 4.90 Å². The number of aryl methyl sites for hydroxylation is 1. The van der Waals surface area contributed by atoms with Crippen LogP contribution in [-0.4, -0.2) is 33.7 Å². The molecule has 2 aromatic rings. The third-order valence-corrected chi connectivity index (χ3v) is 3.89. The van der Waals surface area contributed by atoms with Crippen LogP contribution in [0.15, 0.2) is 29.1 Å². The number of rotatable bonds is 3. The zero-order valence-electron chi connectivity index (χ0n) is 10.8. The Kier molecular flexibility index (Phi) is 2.96. The van der Waals surface area contributed by atoms with E-state index >= 15 is 0 Å². The number of para-hydroxylation sites is 2. The molecule has 1 saturated heterocycles. The van der Waals surface area contributed by atoms with Gasteiger partial charge in [-0.25, -0.2) is 4.79 Å². The normalized spacial score (nSPS) is 16.7. The summed E-state index contributed by atoms with van der Waals surface area (Å²) in [4.78, 5) is 14.6. The quantitative estimate of drug-likeness (QED) is 0.819. The van der Waals surface area contributed by atoms with Crippen LogP contribution in [0.3, 0.4) is 0 Å². The fourth-order valence-electron chi connectivity index (χ4n) is 2.83. The molecule has 2 heterocycles. The third-order valence-electron chi connectivity index (χ3n) is 3.89. The second-order valence-electron chi connectivity index (χ2n) is 5.03. The van der Waals surface area contributed by atoms with E-state index in [-0.39, 0.29) is 5.69 Å². The lowest BCUT2D eigenvalue weighted by molar-refractivity contribution is 0.322. The molecule has 0 bridgehead atoms. The van der Waals surface area contributed by atoms with E-state index in [1.807, 2.05) is 35.9 Å². The third kappa shape index (κ3) is 1.86. The predicted octanol–water partition coefficient (Wildman–Crippen LogP) is 1.44. The molecule has 4 heteroatoms. The van der Waals surface area contributed by atoms with E-state index in [0.717, 1.165) is 24.1 Å². The number of likely N-dealkylation sites (tertiary alicyclic amines) is 1. The second-order valence-corrected chi connectivity index (χ2v) is 5.03. The predicted molar refractivity (Wildman–Crippen MR) is 72.9 cm³/mol. The van der Waals surface area contributed by atoms with E-state index < -0.39 is 0 Å². The molecular formula is C14H19N3O. The zero-order valence-corrected chi connectivity index (χ0v) is 10.8. The van der Waals surface area contributed by atoms with E-state index in [1.165, 1.54) is 25.9 Å². The summed E-state index contributed by atoms with van der Waals surface area (Å²) in [5.41, 5.74) is 2.16. The van der Waals surface area contributed by atoms with Crippen molar-refractivity contribution in [1.82, 2.24) is 14.0 Å². The molecule has 0 spiro atoms. The lowest BCUT2D eigenvalue weighted by Crippen LogP contribution is -2.29. The van der Waals surface area contributed by atoms with Crippen molar-refractivity contribution >= 4 is 11.0 Å². The molecule has 0 saturated carbocycles. The van der Waals surface area contributed by atoms with E-state index in [1.54, 1.807) is 4.57 Å². The van der Waals surface area contributed by atoms with Gasteiger partial charge in [0.1, 0.15) is 0 Å². The Hall–Kier alpha value is -1.55. The monoisotopic (exact) mass is 245 g/mol. The number of imidazole rings is 1. The number of aromatic nitrogens is 2. The average molecular weight is 245 g/mol. The first-order valence-corrected chi connectivity index (χ1v) is 6.64. The fraction of sp³-hybridized carbons (Fsp3) is 0.500. The molecule has 1 aliphatic heterocycles. The highest BCUT2D eigenvalue weighted by atomic mass is 16.1. The molecule has 0 atom stereocenters. The van der Waals surface area contributed by atoms with Crippen LogP contribution in [0.2, 0.25) is 0 Å². The molecule has 0 amide bonds. The van der Waals surface area contributed by atoms with Gasteiger partial charge in [-0.1, -0.05) is 12.1 Å². The van der Waals surface area contributed by atoms with E-state index in [9.17, 15) is 4.79 Å². The molecule has 1 aliphatic rings. The molecule has 0 N–H and O–H groups in total. The topological polar surface area (TPSA) is 30.2 Å². The lowest BCUT2D eigenvalue weighted by Gasteiger charge is -2.14. The fourth-order valence-corrected chi connectivity index (χ4v) is 2.83. The van der Waals surface area contributed by atoms with Crippen molar-refractivity contribution in [3.05, 3.63) is 34.7 Å². The SMILES string of the molecule is Cn1c(=O)n(CCN2CCCC2)c2ccccc21. The highest BCUT2D eigenvalue weighted by Crippen LogP contribution is 2.12. The first kappa shape index (κ1) is 11.5. The molecule has 18 heavy (non-hydrogen) atoms. The zero-order chi connectivity index (χ0) is 12.5. The highest BCUT2D eigenvalue weighted by Gasteiger charge is 2.14. The maximum atomic E-state index is 12.2. The van der Waals surface area contributed by atoms with Crippen LogP contribution in [0, 0.1) is 0 Å². The van der Waals surface area contributed by atoms with Crippen molar-refractivity contribution < 1.29 is 0 Å². The van der Waals surface area contributed by atoms with Crippen LogP contribution in [0.25, 0.3) is 11.0 Å². The highest BCUT2D eigenvalue weighted by molar-refractivity contribution is 5.75. The Balaban J connectivity index is 1.91.